The normalized spacial score (nSPS) is 11.7. The maximum atomic E-state index is 12.9. The molecule has 1 aromatic rings. The van der Waals surface area contributed by atoms with E-state index >= 15 is 0 Å². The number of amides is 1. The van der Waals surface area contributed by atoms with Crippen LogP contribution in [0.3, 0.4) is 0 Å². The first kappa shape index (κ1) is 14.9. The molecule has 1 amide bonds. The molecule has 0 heterocycles. The first-order valence-corrected chi connectivity index (χ1v) is 7.28. The van der Waals surface area contributed by atoms with E-state index in [1.807, 2.05) is 0 Å². The smallest absolute Gasteiger partial charge is 0.243 e. The van der Waals surface area contributed by atoms with Crippen molar-refractivity contribution < 1.29 is 17.6 Å². The summed E-state index contributed by atoms with van der Waals surface area (Å²) in [5, 5.41) is -0.161. The standard InChI is InChI=1S/C11H12ClFNO3S/c1-7(2)11(15)14(18(3,16)17)10-5-4-8(13)6-9(10)12/h5-7H,1-3H3. The highest BCUT2D eigenvalue weighted by Gasteiger charge is 2.29. The van der Waals surface area contributed by atoms with Crippen molar-refractivity contribution in [3.05, 3.63) is 29.0 Å². The average molecular weight is 293 g/mol. The van der Waals surface area contributed by atoms with Crippen LogP contribution in [0.25, 0.3) is 0 Å². The fraction of sp³-hybridized carbons (Fsp3) is 0.364. The molecule has 0 saturated carbocycles. The summed E-state index contributed by atoms with van der Waals surface area (Å²) in [7, 11) is -3.84. The van der Waals surface area contributed by atoms with Crippen LogP contribution >= 0.6 is 11.6 Å². The molecule has 1 radical (unpaired) electrons. The molecule has 0 saturated heterocycles. The van der Waals surface area contributed by atoms with E-state index in [1.54, 1.807) is 13.8 Å². The van der Waals surface area contributed by atoms with Gasteiger partial charge in [0.15, 0.2) is 0 Å². The summed E-state index contributed by atoms with van der Waals surface area (Å²) in [5.74, 6) is -1.91. The van der Waals surface area contributed by atoms with Gasteiger partial charge in [0, 0.05) is 12.0 Å². The van der Waals surface area contributed by atoms with Gasteiger partial charge in [0.25, 0.3) is 0 Å². The van der Waals surface area contributed by atoms with Crippen LogP contribution in [0.2, 0.25) is 5.02 Å². The quantitative estimate of drug-likeness (QED) is 0.858. The van der Waals surface area contributed by atoms with Crippen molar-refractivity contribution in [3.63, 3.8) is 0 Å². The van der Waals surface area contributed by atoms with Gasteiger partial charge < -0.3 is 0 Å². The van der Waals surface area contributed by atoms with E-state index in [0.717, 1.165) is 18.4 Å². The summed E-state index contributed by atoms with van der Waals surface area (Å²) >= 11 is 5.76. The van der Waals surface area contributed by atoms with E-state index in [9.17, 15) is 17.6 Å². The number of sulfonamides is 1. The molecule has 0 spiro atoms. The van der Waals surface area contributed by atoms with Crippen molar-refractivity contribution in [2.45, 2.75) is 13.8 Å². The number of benzene rings is 1. The van der Waals surface area contributed by atoms with Gasteiger partial charge in [-0.3, -0.25) is 4.79 Å². The number of anilines is 1. The highest BCUT2D eigenvalue weighted by Crippen LogP contribution is 2.29. The average Bonchev–Trinajstić information content (AvgIpc) is 2.19. The predicted molar refractivity (Wildman–Crippen MR) is 67.4 cm³/mol. The monoisotopic (exact) mass is 292 g/mol. The first-order valence-electron chi connectivity index (χ1n) is 5.05. The van der Waals surface area contributed by atoms with Gasteiger partial charge in [-0.1, -0.05) is 25.4 Å². The minimum absolute atomic E-state index is 0.0979. The van der Waals surface area contributed by atoms with E-state index in [1.165, 1.54) is 0 Å². The van der Waals surface area contributed by atoms with Crippen LogP contribution in [-0.4, -0.2) is 20.6 Å². The van der Waals surface area contributed by atoms with Gasteiger partial charge in [0.05, 0.1) is 17.0 Å². The Bertz CT molecular complexity index is 572. The summed E-state index contributed by atoms with van der Waals surface area (Å²) in [6.45, 7) is 3.11. The number of rotatable bonds is 3. The molecule has 0 unspecified atom stereocenters. The third-order valence-corrected chi connectivity index (χ3v) is 3.43. The number of halogens is 2. The molecule has 4 nitrogen and oxygen atoms in total. The van der Waals surface area contributed by atoms with Gasteiger partial charge in [-0.05, 0) is 12.1 Å². The van der Waals surface area contributed by atoms with E-state index in [4.69, 9.17) is 11.6 Å². The van der Waals surface area contributed by atoms with E-state index in [2.05, 4.69) is 6.07 Å². The Balaban J connectivity index is 3.41. The van der Waals surface area contributed by atoms with Gasteiger partial charge in [-0.15, -0.1) is 0 Å². The Morgan fingerprint density at radius 3 is 2.44 bits per heavy atom. The summed E-state index contributed by atoms with van der Waals surface area (Å²) < 4.78 is 36.7. The largest absolute Gasteiger partial charge is 0.273 e. The van der Waals surface area contributed by atoms with E-state index < -0.39 is 27.7 Å². The molecule has 0 aliphatic rings. The minimum Gasteiger partial charge on any atom is -0.273 e. The zero-order valence-corrected chi connectivity index (χ0v) is 11.6. The minimum atomic E-state index is -3.84. The van der Waals surface area contributed by atoms with E-state index in [0.29, 0.717) is 4.31 Å². The second-order valence-corrected chi connectivity index (χ2v) is 6.27. The third kappa shape index (κ3) is 3.20. The zero-order chi connectivity index (χ0) is 14.1. The lowest BCUT2D eigenvalue weighted by Crippen LogP contribution is -2.39. The fourth-order valence-corrected chi connectivity index (χ4v) is 2.62. The molecule has 0 aliphatic heterocycles. The maximum absolute atomic E-state index is 12.9. The molecule has 18 heavy (non-hydrogen) atoms. The molecule has 7 heteroatoms. The topological polar surface area (TPSA) is 54.5 Å². The molecular formula is C11H12ClFNO3S. The van der Waals surface area contributed by atoms with Crippen LogP contribution in [-0.2, 0) is 14.8 Å². The lowest BCUT2D eigenvalue weighted by Gasteiger charge is -2.23. The third-order valence-electron chi connectivity index (χ3n) is 2.09. The highest BCUT2D eigenvalue weighted by molar-refractivity contribution is 7.92. The summed E-state index contributed by atoms with van der Waals surface area (Å²) in [6.07, 6.45) is 0.882. The first-order chi connectivity index (χ1) is 8.14. The van der Waals surface area contributed by atoms with Gasteiger partial charge in [-0.25, -0.2) is 17.1 Å². The van der Waals surface area contributed by atoms with Crippen molar-refractivity contribution >= 4 is 33.2 Å². The van der Waals surface area contributed by atoms with Crippen molar-refractivity contribution in [1.29, 1.82) is 0 Å². The second kappa shape index (κ2) is 5.24. The molecule has 99 valence electrons. The Kier molecular flexibility index (Phi) is 4.34. The van der Waals surface area contributed by atoms with Crippen LogP contribution in [0, 0.1) is 17.8 Å². The van der Waals surface area contributed by atoms with Gasteiger partial charge in [-0.2, -0.15) is 0 Å². The summed E-state index contributed by atoms with van der Waals surface area (Å²) in [4.78, 5) is 11.9. The van der Waals surface area contributed by atoms with E-state index in [-0.39, 0.29) is 10.7 Å². The summed E-state index contributed by atoms with van der Waals surface area (Å²) in [6, 6.07) is 4.12. The lowest BCUT2D eigenvalue weighted by atomic mass is 10.2. The van der Waals surface area contributed by atoms with Crippen LogP contribution in [0.15, 0.2) is 12.1 Å². The molecule has 0 fully saturated rings. The Hall–Kier alpha value is -1.14. The van der Waals surface area contributed by atoms with Crippen molar-refractivity contribution in [1.82, 2.24) is 0 Å². The highest BCUT2D eigenvalue weighted by atomic mass is 35.5. The van der Waals surface area contributed by atoms with Crippen molar-refractivity contribution in [2.75, 3.05) is 10.6 Å². The maximum Gasteiger partial charge on any atom is 0.243 e. The Morgan fingerprint density at radius 2 is 2.06 bits per heavy atom. The lowest BCUT2D eigenvalue weighted by molar-refractivity contribution is -0.120. The number of carbonyl (C=O) groups is 1. The van der Waals surface area contributed by atoms with Crippen LogP contribution < -0.4 is 4.31 Å². The molecule has 0 atom stereocenters. The zero-order valence-electron chi connectivity index (χ0n) is 10.1. The van der Waals surface area contributed by atoms with Crippen LogP contribution in [0.1, 0.15) is 13.8 Å². The molecular weight excluding hydrogens is 281 g/mol. The Labute approximate surface area is 110 Å². The number of nitrogens with zero attached hydrogens (tertiary/aromatic N) is 1. The molecule has 1 aromatic carbocycles. The molecule has 1 rings (SSSR count). The van der Waals surface area contributed by atoms with Crippen LogP contribution in [0.5, 0.6) is 0 Å². The predicted octanol–water partition coefficient (Wildman–Crippen LogP) is 2.23. The Morgan fingerprint density at radius 1 is 1.50 bits per heavy atom. The van der Waals surface area contributed by atoms with Crippen molar-refractivity contribution in [2.24, 2.45) is 5.92 Å². The number of hydrogen-bond donors (Lipinski definition) is 0. The van der Waals surface area contributed by atoms with Gasteiger partial charge in [0.2, 0.25) is 15.9 Å². The second-order valence-electron chi connectivity index (χ2n) is 4.03. The SMILES string of the molecule is CC(C)C(=O)N(c1c[c]c(F)cc1Cl)S(C)(=O)=O. The molecule has 0 N–H and O–H groups in total. The van der Waals surface area contributed by atoms with Crippen LogP contribution in [0.4, 0.5) is 10.1 Å². The van der Waals surface area contributed by atoms with Gasteiger partial charge >= 0.3 is 0 Å². The van der Waals surface area contributed by atoms with Gasteiger partial charge in [0.1, 0.15) is 5.82 Å². The fourth-order valence-electron chi connectivity index (χ4n) is 1.28. The van der Waals surface area contributed by atoms with Crippen molar-refractivity contribution in [3.8, 4) is 0 Å². The number of hydrogen-bond acceptors (Lipinski definition) is 3. The molecule has 0 aliphatic carbocycles. The molecule has 0 aromatic heterocycles. The summed E-state index contributed by atoms with van der Waals surface area (Å²) in [5.41, 5.74) is -0.0979. The number of carbonyl (C=O) groups excluding carboxylic acids is 1. The molecule has 0 bridgehead atoms.